The summed E-state index contributed by atoms with van der Waals surface area (Å²) in [5.74, 6) is -0.632. The summed E-state index contributed by atoms with van der Waals surface area (Å²) in [6, 6.07) is 6.98. The maximum absolute atomic E-state index is 13.0. The Morgan fingerprint density at radius 2 is 1.73 bits per heavy atom. The van der Waals surface area contributed by atoms with Crippen LogP contribution in [-0.2, 0) is 24.3 Å². The first-order chi connectivity index (χ1) is 12.4. The fraction of sp³-hybridized carbons (Fsp3) is 0.556. The Morgan fingerprint density at radius 1 is 1.08 bits per heavy atom. The molecule has 3 rings (SSSR count). The van der Waals surface area contributed by atoms with Crippen LogP contribution in [0.1, 0.15) is 25.7 Å². The number of carbonyl (C=O) groups excluding carboxylic acids is 2. The summed E-state index contributed by atoms with van der Waals surface area (Å²) in [5, 5.41) is 0. The van der Waals surface area contributed by atoms with E-state index in [0.29, 0.717) is 0 Å². The molecule has 0 spiro atoms. The van der Waals surface area contributed by atoms with Gasteiger partial charge in [0.1, 0.15) is 6.04 Å². The van der Waals surface area contributed by atoms with Crippen molar-refractivity contribution in [3.8, 4) is 0 Å². The summed E-state index contributed by atoms with van der Waals surface area (Å²) in [7, 11) is -2.61. The third-order valence-corrected chi connectivity index (χ3v) is 7.09. The molecule has 1 amide bonds. The minimum atomic E-state index is -3.84. The van der Waals surface area contributed by atoms with Gasteiger partial charge in [-0.05, 0) is 25.0 Å². The number of hydrogen-bond acceptors (Lipinski definition) is 5. The number of sulfonamides is 1. The van der Waals surface area contributed by atoms with Gasteiger partial charge in [0.15, 0.2) is 0 Å². The zero-order valence-electron chi connectivity index (χ0n) is 14.8. The highest BCUT2D eigenvalue weighted by molar-refractivity contribution is 7.89. The molecule has 1 atom stereocenters. The fourth-order valence-electron chi connectivity index (χ4n) is 3.74. The molecule has 0 N–H and O–H groups in total. The number of esters is 1. The lowest BCUT2D eigenvalue weighted by Gasteiger charge is -2.39. The van der Waals surface area contributed by atoms with Gasteiger partial charge >= 0.3 is 5.97 Å². The molecule has 2 fully saturated rings. The van der Waals surface area contributed by atoms with Gasteiger partial charge in [-0.1, -0.05) is 31.0 Å². The molecule has 8 heteroatoms. The Labute approximate surface area is 154 Å². The van der Waals surface area contributed by atoms with Crippen LogP contribution in [0.15, 0.2) is 35.2 Å². The summed E-state index contributed by atoms with van der Waals surface area (Å²) < 4.78 is 31.9. The second-order valence-electron chi connectivity index (χ2n) is 6.73. The van der Waals surface area contributed by atoms with Crippen molar-refractivity contribution in [3.63, 3.8) is 0 Å². The molecule has 1 aromatic rings. The van der Waals surface area contributed by atoms with E-state index < -0.39 is 22.0 Å². The molecular weight excluding hydrogens is 356 g/mol. The molecule has 1 aromatic carbocycles. The minimum absolute atomic E-state index is 0.00872. The summed E-state index contributed by atoms with van der Waals surface area (Å²) in [6.07, 6.45) is 3.81. The number of benzene rings is 1. The average Bonchev–Trinajstić information content (AvgIpc) is 3.21. The SMILES string of the molecule is COC(=O)[C@@H]1CN(C(=O)C2CCCC2)CCN1S(=O)(=O)c1ccccc1. The summed E-state index contributed by atoms with van der Waals surface area (Å²) in [4.78, 5) is 26.7. The number of piperazine rings is 1. The van der Waals surface area contributed by atoms with Crippen molar-refractivity contribution in [1.82, 2.24) is 9.21 Å². The van der Waals surface area contributed by atoms with E-state index in [1.807, 2.05) is 0 Å². The Bertz CT molecular complexity index is 759. The third kappa shape index (κ3) is 3.61. The van der Waals surface area contributed by atoms with E-state index in [1.54, 1.807) is 23.1 Å². The quantitative estimate of drug-likeness (QED) is 0.734. The van der Waals surface area contributed by atoms with Crippen molar-refractivity contribution in [3.05, 3.63) is 30.3 Å². The Kier molecular flexibility index (Phi) is 5.62. The molecule has 1 heterocycles. The monoisotopic (exact) mass is 380 g/mol. The van der Waals surface area contributed by atoms with Crippen LogP contribution in [0, 0.1) is 5.92 Å². The summed E-state index contributed by atoms with van der Waals surface area (Å²) in [6.45, 7) is 0.401. The standard InChI is InChI=1S/C18H24N2O5S/c1-25-18(22)16-13-19(17(21)14-7-5-6-8-14)11-12-20(16)26(23,24)15-9-3-2-4-10-15/h2-4,9-10,14,16H,5-8,11-13H2,1H3/t16-/m0/s1. The number of carbonyl (C=O) groups is 2. The molecule has 2 aliphatic rings. The van der Waals surface area contributed by atoms with Gasteiger partial charge in [0.25, 0.3) is 0 Å². The van der Waals surface area contributed by atoms with E-state index in [4.69, 9.17) is 4.74 Å². The predicted molar refractivity (Wildman–Crippen MR) is 94.7 cm³/mol. The molecule has 0 unspecified atom stereocenters. The maximum Gasteiger partial charge on any atom is 0.326 e. The minimum Gasteiger partial charge on any atom is -0.468 e. The summed E-state index contributed by atoms with van der Waals surface area (Å²) >= 11 is 0. The second-order valence-corrected chi connectivity index (χ2v) is 8.62. The lowest BCUT2D eigenvalue weighted by Crippen LogP contribution is -2.60. The average molecular weight is 380 g/mol. The Balaban J connectivity index is 1.83. The molecule has 1 aliphatic carbocycles. The molecule has 0 aromatic heterocycles. The molecule has 7 nitrogen and oxygen atoms in total. The van der Waals surface area contributed by atoms with E-state index in [0.717, 1.165) is 30.0 Å². The van der Waals surface area contributed by atoms with Crippen molar-refractivity contribution in [2.24, 2.45) is 5.92 Å². The van der Waals surface area contributed by atoms with E-state index in [9.17, 15) is 18.0 Å². The zero-order valence-corrected chi connectivity index (χ0v) is 15.7. The van der Waals surface area contributed by atoms with Crippen LogP contribution in [-0.4, -0.2) is 62.3 Å². The lowest BCUT2D eigenvalue weighted by molar-refractivity contribution is -0.149. The normalized spacial score (nSPS) is 22.3. The van der Waals surface area contributed by atoms with Gasteiger partial charge in [-0.3, -0.25) is 9.59 Å². The van der Waals surface area contributed by atoms with Crippen molar-refractivity contribution in [1.29, 1.82) is 0 Å². The van der Waals surface area contributed by atoms with Gasteiger partial charge in [0.2, 0.25) is 15.9 Å². The van der Waals surface area contributed by atoms with Gasteiger partial charge in [-0.25, -0.2) is 8.42 Å². The smallest absolute Gasteiger partial charge is 0.326 e. The first-order valence-corrected chi connectivity index (χ1v) is 10.3. The van der Waals surface area contributed by atoms with Crippen LogP contribution >= 0.6 is 0 Å². The van der Waals surface area contributed by atoms with E-state index in [2.05, 4.69) is 0 Å². The van der Waals surface area contributed by atoms with Crippen LogP contribution in [0.25, 0.3) is 0 Å². The highest BCUT2D eigenvalue weighted by atomic mass is 32.2. The highest BCUT2D eigenvalue weighted by Gasteiger charge is 2.43. The molecular formula is C18H24N2O5S. The van der Waals surface area contributed by atoms with Gasteiger partial charge < -0.3 is 9.64 Å². The van der Waals surface area contributed by atoms with Gasteiger partial charge in [0, 0.05) is 25.6 Å². The van der Waals surface area contributed by atoms with Crippen LogP contribution < -0.4 is 0 Å². The maximum atomic E-state index is 13.0. The third-order valence-electron chi connectivity index (χ3n) is 5.17. The largest absolute Gasteiger partial charge is 0.468 e. The number of amides is 1. The first kappa shape index (κ1) is 18.8. The van der Waals surface area contributed by atoms with Crippen LogP contribution in [0.4, 0.5) is 0 Å². The van der Waals surface area contributed by atoms with Crippen LogP contribution in [0.2, 0.25) is 0 Å². The lowest BCUT2D eigenvalue weighted by atomic mass is 10.1. The van der Waals surface area contributed by atoms with E-state index in [-0.39, 0.29) is 36.4 Å². The van der Waals surface area contributed by atoms with E-state index in [1.165, 1.54) is 19.2 Å². The number of hydrogen-bond donors (Lipinski definition) is 0. The van der Waals surface area contributed by atoms with Crippen molar-refractivity contribution in [2.75, 3.05) is 26.7 Å². The molecule has 26 heavy (non-hydrogen) atoms. The molecule has 1 aliphatic heterocycles. The van der Waals surface area contributed by atoms with Crippen molar-refractivity contribution in [2.45, 2.75) is 36.6 Å². The molecule has 0 bridgehead atoms. The van der Waals surface area contributed by atoms with Gasteiger partial charge in [0.05, 0.1) is 12.0 Å². The zero-order chi connectivity index (χ0) is 18.7. The molecule has 1 saturated heterocycles. The number of ether oxygens (including phenoxy) is 1. The molecule has 1 saturated carbocycles. The van der Waals surface area contributed by atoms with Gasteiger partial charge in [-0.2, -0.15) is 4.31 Å². The van der Waals surface area contributed by atoms with Gasteiger partial charge in [-0.15, -0.1) is 0 Å². The van der Waals surface area contributed by atoms with Crippen LogP contribution in [0.3, 0.4) is 0 Å². The molecule has 0 radical (unpaired) electrons. The van der Waals surface area contributed by atoms with Crippen molar-refractivity contribution < 1.29 is 22.7 Å². The number of methoxy groups -OCH3 is 1. The van der Waals surface area contributed by atoms with E-state index >= 15 is 0 Å². The van der Waals surface area contributed by atoms with Crippen LogP contribution in [0.5, 0.6) is 0 Å². The Morgan fingerprint density at radius 3 is 2.35 bits per heavy atom. The van der Waals surface area contributed by atoms with Crippen molar-refractivity contribution >= 4 is 21.9 Å². The summed E-state index contributed by atoms with van der Waals surface area (Å²) in [5.41, 5.74) is 0. The fourth-order valence-corrected chi connectivity index (χ4v) is 5.32. The number of rotatable bonds is 4. The first-order valence-electron chi connectivity index (χ1n) is 8.88. The topological polar surface area (TPSA) is 84.0 Å². The predicted octanol–water partition coefficient (Wildman–Crippen LogP) is 1.25. The Hall–Kier alpha value is -1.93. The highest BCUT2D eigenvalue weighted by Crippen LogP contribution is 2.29. The molecule has 142 valence electrons. The second kappa shape index (κ2) is 7.75. The number of nitrogens with zero attached hydrogens (tertiary/aromatic N) is 2.